The molecule has 0 radical (unpaired) electrons. The topological polar surface area (TPSA) is 60.9 Å². The van der Waals surface area contributed by atoms with E-state index < -0.39 is 0 Å². The van der Waals surface area contributed by atoms with E-state index in [1.165, 1.54) is 9.80 Å². The number of halogens is 1. The summed E-state index contributed by atoms with van der Waals surface area (Å²) < 4.78 is 0. The molecular weight excluding hydrogens is 402 g/mol. The van der Waals surface area contributed by atoms with Crippen LogP contribution in [0.1, 0.15) is 54.4 Å². The third kappa shape index (κ3) is 6.73. The van der Waals surface area contributed by atoms with Crippen LogP contribution in [0.25, 0.3) is 0 Å². The van der Waals surface area contributed by atoms with Crippen LogP contribution in [0.3, 0.4) is 0 Å². The Balaban J connectivity index is 2.01. The molecule has 1 aliphatic rings. The highest BCUT2D eigenvalue weighted by Gasteiger charge is 2.33. The molecule has 0 aromatic heterocycles. The number of amides is 3. The van der Waals surface area contributed by atoms with E-state index in [4.69, 9.17) is 11.6 Å². The SMILES string of the molecule is CC(CC(=O)N(CC(=O)N1CC(=O)N(c2cccc(Cl)c2)C1)C(C)C)CC(C)(C)C. The molecule has 0 saturated carbocycles. The molecule has 1 fully saturated rings. The van der Waals surface area contributed by atoms with Crippen molar-refractivity contribution in [2.75, 3.05) is 24.7 Å². The van der Waals surface area contributed by atoms with Crippen LogP contribution in [-0.4, -0.2) is 53.3 Å². The Morgan fingerprint density at radius 2 is 1.87 bits per heavy atom. The fraction of sp³-hybridized carbons (Fsp3) is 0.609. The van der Waals surface area contributed by atoms with E-state index in [0.29, 0.717) is 17.1 Å². The summed E-state index contributed by atoms with van der Waals surface area (Å²) in [5.41, 5.74) is 0.813. The van der Waals surface area contributed by atoms with Gasteiger partial charge in [-0.25, -0.2) is 0 Å². The number of benzene rings is 1. The normalized spacial score (nSPS) is 15.7. The molecule has 166 valence electrons. The summed E-state index contributed by atoms with van der Waals surface area (Å²) in [5, 5.41) is 0.533. The number of carbonyl (C=O) groups excluding carboxylic acids is 3. The summed E-state index contributed by atoms with van der Waals surface area (Å²) >= 11 is 6.03. The van der Waals surface area contributed by atoms with E-state index in [1.807, 2.05) is 13.8 Å². The summed E-state index contributed by atoms with van der Waals surface area (Å²) in [6.07, 6.45) is 1.35. The van der Waals surface area contributed by atoms with Gasteiger partial charge < -0.3 is 9.80 Å². The standard InChI is InChI=1S/C23H34ClN3O3/c1-16(2)26(20(28)10-17(3)12-23(4,5)6)14-21(29)25-13-22(30)27(15-25)19-9-7-8-18(24)11-19/h7-9,11,16-17H,10,12-15H2,1-6H3. The molecule has 1 atom stereocenters. The van der Waals surface area contributed by atoms with Crippen LogP contribution in [0.15, 0.2) is 24.3 Å². The Morgan fingerprint density at radius 3 is 2.43 bits per heavy atom. The molecule has 2 rings (SSSR count). The molecule has 1 unspecified atom stereocenters. The largest absolute Gasteiger partial charge is 0.331 e. The van der Waals surface area contributed by atoms with Gasteiger partial charge in [-0.2, -0.15) is 0 Å². The summed E-state index contributed by atoms with van der Waals surface area (Å²) in [6.45, 7) is 12.5. The molecule has 0 bridgehead atoms. The van der Waals surface area contributed by atoms with Crippen molar-refractivity contribution in [1.82, 2.24) is 9.80 Å². The maximum Gasteiger partial charge on any atom is 0.248 e. The maximum absolute atomic E-state index is 12.9. The van der Waals surface area contributed by atoms with Crippen molar-refractivity contribution in [2.24, 2.45) is 11.3 Å². The van der Waals surface area contributed by atoms with Crippen LogP contribution in [0.5, 0.6) is 0 Å². The summed E-state index contributed by atoms with van der Waals surface area (Å²) in [6, 6.07) is 6.91. The first kappa shape index (κ1) is 24.2. The van der Waals surface area contributed by atoms with Crippen LogP contribution in [0.2, 0.25) is 5.02 Å². The first-order valence-corrected chi connectivity index (χ1v) is 10.9. The van der Waals surface area contributed by atoms with Gasteiger partial charge in [-0.15, -0.1) is 0 Å². The Hall–Kier alpha value is -2.08. The second kappa shape index (κ2) is 9.82. The molecule has 30 heavy (non-hydrogen) atoms. The Kier molecular flexibility index (Phi) is 7.92. The fourth-order valence-corrected chi connectivity index (χ4v) is 4.11. The molecule has 3 amide bonds. The van der Waals surface area contributed by atoms with E-state index in [1.54, 1.807) is 29.2 Å². The predicted molar refractivity (Wildman–Crippen MR) is 120 cm³/mol. The first-order chi connectivity index (χ1) is 13.9. The average molecular weight is 436 g/mol. The highest BCUT2D eigenvalue weighted by molar-refractivity contribution is 6.31. The number of hydrogen-bond acceptors (Lipinski definition) is 3. The van der Waals surface area contributed by atoms with Crippen LogP contribution in [0, 0.1) is 11.3 Å². The van der Waals surface area contributed by atoms with Crippen molar-refractivity contribution < 1.29 is 14.4 Å². The highest BCUT2D eigenvalue weighted by Crippen LogP contribution is 2.27. The van der Waals surface area contributed by atoms with Crippen LogP contribution >= 0.6 is 11.6 Å². The van der Waals surface area contributed by atoms with Crippen molar-refractivity contribution >= 4 is 35.0 Å². The van der Waals surface area contributed by atoms with Crippen molar-refractivity contribution in [3.05, 3.63) is 29.3 Å². The van der Waals surface area contributed by atoms with Gasteiger partial charge in [0, 0.05) is 23.2 Å². The zero-order valence-electron chi connectivity index (χ0n) is 18.9. The third-order valence-electron chi connectivity index (χ3n) is 5.15. The summed E-state index contributed by atoms with van der Waals surface area (Å²) in [5.74, 6) is -0.168. The summed E-state index contributed by atoms with van der Waals surface area (Å²) in [7, 11) is 0. The molecule has 1 aliphatic heterocycles. The van der Waals surface area contributed by atoms with Crippen LogP contribution < -0.4 is 4.90 Å². The number of nitrogens with zero attached hydrogens (tertiary/aromatic N) is 3. The van der Waals surface area contributed by atoms with E-state index in [9.17, 15) is 14.4 Å². The molecule has 1 aromatic rings. The maximum atomic E-state index is 12.9. The predicted octanol–water partition coefficient (Wildman–Crippen LogP) is 4.17. The van der Waals surface area contributed by atoms with Crippen molar-refractivity contribution in [3.63, 3.8) is 0 Å². The quantitative estimate of drug-likeness (QED) is 0.645. The van der Waals surface area contributed by atoms with E-state index in [-0.39, 0.29) is 54.9 Å². The van der Waals surface area contributed by atoms with Crippen molar-refractivity contribution in [3.8, 4) is 0 Å². The molecule has 1 heterocycles. The Bertz CT molecular complexity index is 788. The molecule has 1 aromatic carbocycles. The number of carbonyl (C=O) groups is 3. The number of anilines is 1. The number of rotatable bonds is 7. The van der Waals surface area contributed by atoms with Gasteiger partial charge in [-0.1, -0.05) is 45.4 Å². The van der Waals surface area contributed by atoms with Crippen LogP contribution in [-0.2, 0) is 14.4 Å². The minimum atomic E-state index is -0.224. The van der Waals surface area contributed by atoms with Gasteiger partial charge in [0.25, 0.3) is 0 Å². The molecule has 7 heteroatoms. The molecule has 0 aliphatic carbocycles. The van der Waals surface area contributed by atoms with Gasteiger partial charge in [0.15, 0.2) is 0 Å². The molecule has 0 N–H and O–H groups in total. The van der Waals surface area contributed by atoms with Gasteiger partial charge in [0.05, 0.1) is 0 Å². The molecule has 6 nitrogen and oxygen atoms in total. The fourth-order valence-electron chi connectivity index (χ4n) is 3.92. The van der Waals surface area contributed by atoms with Gasteiger partial charge >= 0.3 is 0 Å². The van der Waals surface area contributed by atoms with Crippen molar-refractivity contribution in [2.45, 2.75) is 60.4 Å². The molecule has 1 saturated heterocycles. The second-order valence-corrected chi connectivity index (χ2v) is 10.2. The van der Waals surface area contributed by atoms with Crippen LogP contribution in [0.4, 0.5) is 5.69 Å². The smallest absolute Gasteiger partial charge is 0.248 e. The highest BCUT2D eigenvalue weighted by atomic mass is 35.5. The van der Waals surface area contributed by atoms with Gasteiger partial charge in [-0.3, -0.25) is 19.3 Å². The molecule has 0 spiro atoms. The monoisotopic (exact) mass is 435 g/mol. The van der Waals surface area contributed by atoms with E-state index in [2.05, 4.69) is 27.7 Å². The van der Waals surface area contributed by atoms with E-state index in [0.717, 1.165) is 6.42 Å². The minimum Gasteiger partial charge on any atom is -0.331 e. The number of hydrogen-bond donors (Lipinski definition) is 0. The third-order valence-corrected chi connectivity index (χ3v) is 5.38. The van der Waals surface area contributed by atoms with Gasteiger partial charge in [0.2, 0.25) is 17.7 Å². The lowest BCUT2D eigenvalue weighted by atomic mass is 9.84. The van der Waals surface area contributed by atoms with Crippen molar-refractivity contribution in [1.29, 1.82) is 0 Å². The first-order valence-electron chi connectivity index (χ1n) is 10.5. The minimum absolute atomic E-state index is 0.00585. The lowest BCUT2D eigenvalue weighted by Gasteiger charge is -2.30. The van der Waals surface area contributed by atoms with Gasteiger partial charge in [-0.05, 0) is 49.8 Å². The molecular formula is C23H34ClN3O3. The summed E-state index contributed by atoms with van der Waals surface area (Å²) in [4.78, 5) is 42.9. The Morgan fingerprint density at radius 1 is 1.20 bits per heavy atom. The lowest BCUT2D eigenvalue weighted by molar-refractivity contribution is -0.142. The zero-order valence-corrected chi connectivity index (χ0v) is 19.7. The second-order valence-electron chi connectivity index (χ2n) is 9.72. The Labute approximate surface area is 185 Å². The zero-order chi connectivity index (χ0) is 22.6. The van der Waals surface area contributed by atoms with E-state index >= 15 is 0 Å². The van der Waals surface area contributed by atoms with Gasteiger partial charge in [0.1, 0.15) is 19.8 Å². The lowest BCUT2D eigenvalue weighted by Crippen LogP contribution is -2.46. The average Bonchev–Trinajstić information content (AvgIpc) is 2.99.